The van der Waals surface area contributed by atoms with Gasteiger partial charge >= 0.3 is 0 Å². The lowest BCUT2D eigenvalue weighted by atomic mass is 10.1. The van der Waals surface area contributed by atoms with Crippen LogP contribution >= 0.6 is 0 Å². The van der Waals surface area contributed by atoms with Crippen LogP contribution in [0, 0.1) is 0 Å². The van der Waals surface area contributed by atoms with Gasteiger partial charge in [0.25, 0.3) is 0 Å². The number of aliphatic hydroxyl groups is 2. The van der Waals surface area contributed by atoms with Crippen LogP contribution in [0.4, 0.5) is 0 Å². The summed E-state index contributed by atoms with van der Waals surface area (Å²) in [5, 5.41) is 28.0. The fourth-order valence-corrected chi connectivity index (χ4v) is 1.93. The minimum Gasteiger partial charge on any atom is -0.508 e. The smallest absolute Gasteiger partial charge is 0.227 e. The van der Waals surface area contributed by atoms with Gasteiger partial charge in [0.1, 0.15) is 5.75 Å². The number of amides is 1. The number of hydrogen-bond donors (Lipinski definition) is 3. The van der Waals surface area contributed by atoms with Gasteiger partial charge in [0, 0.05) is 13.1 Å². The topological polar surface area (TPSA) is 81.0 Å². The first-order valence-electron chi connectivity index (χ1n) is 5.48. The minimum absolute atomic E-state index is 0.122. The number of phenols is 1. The summed E-state index contributed by atoms with van der Waals surface area (Å²) in [4.78, 5) is 13.3. The molecule has 1 aromatic rings. The first-order valence-corrected chi connectivity index (χ1v) is 5.48. The first-order chi connectivity index (χ1) is 8.06. The number of aromatic hydroxyl groups is 1. The van der Waals surface area contributed by atoms with Crippen molar-refractivity contribution in [3.05, 3.63) is 29.8 Å². The van der Waals surface area contributed by atoms with Gasteiger partial charge in [0.2, 0.25) is 5.91 Å². The van der Waals surface area contributed by atoms with Gasteiger partial charge in [-0.25, -0.2) is 0 Å². The summed E-state index contributed by atoms with van der Waals surface area (Å²) in [5.41, 5.74) is 0.714. The van der Waals surface area contributed by atoms with Gasteiger partial charge in [-0.3, -0.25) is 4.79 Å². The number of rotatable bonds is 2. The second kappa shape index (κ2) is 4.73. The van der Waals surface area contributed by atoms with Gasteiger partial charge < -0.3 is 20.2 Å². The molecule has 92 valence electrons. The Morgan fingerprint density at radius 3 is 2.53 bits per heavy atom. The lowest BCUT2D eigenvalue weighted by molar-refractivity contribution is -0.129. The highest BCUT2D eigenvalue weighted by molar-refractivity contribution is 5.79. The highest BCUT2D eigenvalue weighted by Gasteiger charge is 2.32. The fourth-order valence-electron chi connectivity index (χ4n) is 1.93. The Morgan fingerprint density at radius 2 is 1.94 bits per heavy atom. The van der Waals surface area contributed by atoms with E-state index in [9.17, 15) is 20.1 Å². The van der Waals surface area contributed by atoms with E-state index >= 15 is 0 Å². The Labute approximate surface area is 98.9 Å². The zero-order chi connectivity index (χ0) is 12.4. The summed E-state index contributed by atoms with van der Waals surface area (Å²) in [5.74, 6) is -0.0389. The normalized spacial score (nSPS) is 24.0. The van der Waals surface area contributed by atoms with Gasteiger partial charge in [-0.15, -0.1) is 0 Å². The van der Waals surface area contributed by atoms with Crippen LogP contribution in [0.2, 0.25) is 0 Å². The summed E-state index contributed by atoms with van der Waals surface area (Å²) in [6.07, 6.45) is -1.56. The molecule has 0 spiro atoms. The van der Waals surface area contributed by atoms with E-state index in [1.165, 1.54) is 17.0 Å². The van der Waals surface area contributed by atoms with Gasteiger partial charge in [-0.2, -0.15) is 0 Å². The van der Waals surface area contributed by atoms with E-state index in [-0.39, 0.29) is 31.2 Å². The van der Waals surface area contributed by atoms with Crippen LogP contribution in [-0.4, -0.2) is 51.4 Å². The molecule has 2 atom stereocenters. The molecule has 0 bridgehead atoms. The summed E-state index contributed by atoms with van der Waals surface area (Å²) in [7, 11) is 0. The standard InChI is InChI=1S/C12H15NO4/c14-9-3-1-2-8(4-9)5-12(17)13-6-10(15)11(16)7-13/h1-4,10-11,14-16H,5-7H2. The van der Waals surface area contributed by atoms with Crippen molar-refractivity contribution in [2.75, 3.05) is 13.1 Å². The molecule has 1 saturated heterocycles. The molecule has 5 nitrogen and oxygen atoms in total. The van der Waals surface area contributed by atoms with Crippen LogP contribution in [-0.2, 0) is 11.2 Å². The number of carbonyl (C=O) groups is 1. The number of phenolic OH excluding ortho intramolecular Hbond substituents is 1. The molecule has 2 unspecified atom stereocenters. The lowest BCUT2D eigenvalue weighted by Crippen LogP contribution is -2.31. The van der Waals surface area contributed by atoms with E-state index in [0.717, 1.165) is 0 Å². The Balaban J connectivity index is 1.98. The second-order valence-electron chi connectivity index (χ2n) is 4.28. The number of hydrogen-bond acceptors (Lipinski definition) is 4. The largest absolute Gasteiger partial charge is 0.508 e. The summed E-state index contributed by atoms with van der Waals surface area (Å²) in [6, 6.07) is 6.49. The van der Waals surface area contributed by atoms with Gasteiger partial charge in [0.05, 0.1) is 18.6 Å². The number of aliphatic hydroxyl groups excluding tert-OH is 2. The maximum atomic E-state index is 11.8. The van der Waals surface area contributed by atoms with Crippen LogP contribution < -0.4 is 0 Å². The van der Waals surface area contributed by atoms with Gasteiger partial charge in [0.15, 0.2) is 0 Å². The number of carbonyl (C=O) groups excluding carboxylic acids is 1. The lowest BCUT2D eigenvalue weighted by Gasteiger charge is -2.15. The van der Waals surface area contributed by atoms with Crippen molar-refractivity contribution >= 4 is 5.91 Å². The molecule has 1 fully saturated rings. The SMILES string of the molecule is O=C(Cc1cccc(O)c1)N1CC(O)C(O)C1. The van der Waals surface area contributed by atoms with E-state index < -0.39 is 12.2 Å². The molecule has 1 aliphatic rings. The molecule has 0 radical (unpaired) electrons. The Bertz CT molecular complexity index is 411. The molecule has 1 aromatic carbocycles. The quantitative estimate of drug-likeness (QED) is 0.647. The first kappa shape index (κ1) is 11.9. The van der Waals surface area contributed by atoms with Crippen molar-refractivity contribution in [2.24, 2.45) is 0 Å². The van der Waals surface area contributed by atoms with Crippen molar-refractivity contribution in [3.63, 3.8) is 0 Å². The van der Waals surface area contributed by atoms with Crippen LogP contribution in [0.15, 0.2) is 24.3 Å². The molecule has 1 amide bonds. The van der Waals surface area contributed by atoms with E-state index in [4.69, 9.17) is 0 Å². The molecule has 2 rings (SSSR count). The Kier molecular flexibility index (Phi) is 3.31. The van der Waals surface area contributed by atoms with Crippen molar-refractivity contribution in [3.8, 4) is 5.75 Å². The molecule has 5 heteroatoms. The summed E-state index contributed by atoms with van der Waals surface area (Å²) in [6.45, 7) is 0.331. The fraction of sp³-hybridized carbons (Fsp3) is 0.417. The third-order valence-corrected chi connectivity index (χ3v) is 2.88. The number of β-amino-alcohol motifs (C(OH)–C–C–N with tert-alkyl or cyclic N) is 2. The van der Waals surface area contributed by atoms with Crippen LogP contribution in [0.5, 0.6) is 5.75 Å². The highest BCUT2D eigenvalue weighted by Crippen LogP contribution is 2.15. The van der Waals surface area contributed by atoms with Crippen molar-refractivity contribution in [1.29, 1.82) is 0 Å². The molecule has 17 heavy (non-hydrogen) atoms. The Hall–Kier alpha value is -1.59. The predicted molar refractivity (Wildman–Crippen MR) is 60.4 cm³/mol. The van der Waals surface area contributed by atoms with E-state index in [0.29, 0.717) is 5.56 Å². The third kappa shape index (κ3) is 2.75. The summed E-state index contributed by atoms with van der Waals surface area (Å²) < 4.78 is 0. The van der Waals surface area contributed by atoms with E-state index in [2.05, 4.69) is 0 Å². The zero-order valence-corrected chi connectivity index (χ0v) is 9.28. The molecule has 0 aromatic heterocycles. The highest BCUT2D eigenvalue weighted by atomic mass is 16.3. The average Bonchev–Trinajstić information content (AvgIpc) is 2.59. The molecular weight excluding hydrogens is 222 g/mol. The maximum Gasteiger partial charge on any atom is 0.227 e. The number of likely N-dealkylation sites (tertiary alicyclic amines) is 1. The van der Waals surface area contributed by atoms with E-state index in [1.54, 1.807) is 12.1 Å². The monoisotopic (exact) mass is 237 g/mol. The van der Waals surface area contributed by atoms with Crippen LogP contribution in [0.3, 0.4) is 0 Å². The molecule has 0 aliphatic carbocycles. The van der Waals surface area contributed by atoms with Crippen molar-refractivity contribution < 1.29 is 20.1 Å². The van der Waals surface area contributed by atoms with E-state index in [1.807, 2.05) is 0 Å². The number of nitrogens with zero attached hydrogens (tertiary/aromatic N) is 1. The maximum absolute atomic E-state index is 11.8. The second-order valence-corrected chi connectivity index (χ2v) is 4.28. The van der Waals surface area contributed by atoms with Crippen molar-refractivity contribution in [2.45, 2.75) is 18.6 Å². The van der Waals surface area contributed by atoms with Crippen LogP contribution in [0.1, 0.15) is 5.56 Å². The summed E-state index contributed by atoms with van der Waals surface area (Å²) >= 11 is 0. The zero-order valence-electron chi connectivity index (χ0n) is 9.28. The number of benzene rings is 1. The third-order valence-electron chi connectivity index (χ3n) is 2.88. The minimum atomic E-state index is -0.858. The molecule has 0 saturated carbocycles. The molecule has 3 N–H and O–H groups in total. The van der Waals surface area contributed by atoms with Gasteiger partial charge in [-0.05, 0) is 17.7 Å². The molecule has 1 heterocycles. The van der Waals surface area contributed by atoms with Crippen LogP contribution in [0.25, 0.3) is 0 Å². The average molecular weight is 237 g/mol. The predicted octanol–water partition coefficient (Wildman–Crippen LogP) is -0.501. The molecular formula is C12H15NO4. The van der Waals surface area contributed by atoms with Crippen molar-refractivity contribution in [1.82, 2.24) is 4.90 Å². The van der Waals surface area contributed by atoms with Gasteiger partial charge in [-0.1, -0.05) is 12.1 Å². The Morgan fingerprint density at radius 1 is 1.29 bits per heavy atom. The molecule has 1 aliphatic heterocycles.